The standard InChI is InChI=1S/C24H20N4O3/c1-17-21(15-25-26-24(29)20-12-6-8-14-23(20)28(30)31)19-11-5-7-13-22(19)27(17)16-18-9-3-2-4-10-18/h2-15H,16H2,1H3,(H,26,29). The summed E-state index contributed by atoms with van der Waals surface area (Å²) in [4.78, 5) is 23.0. The first-order valence-corrected chi connectivity index (χ1v) is 9.75. The Labute approximate surface area is 178 Å². The van der Waals surface area contributed by atoms with E-state index in [4.69, 9.17) is 0 Å². The average molecular weight is 412 g/mol. The fraction of sp³-hybridized carbons (Fsp3) is 0.0833. The maximum absolute atomic E-state index is 12.4. The van der Waals surface area contributed by atoms with E-state index in [2.05, 4.69) is 33.3 Å². The van der Waals surface area contributed by atoms with Gasteiger partial charge in [-0.05, 0) is 24.6 Å². The van der Waals surface area contributed by atoms with Crippen molar-refractivity contribution in [3.8, 4) is 0 Å². The minimum absolute atomic E-state index is 0.0344. The smallest absolute Gasteiger partial charge is 0.282 e. The lowest BCUT2D eigenvalue weighted by Gasteiger charge is -2.08. The molecule has 0 fully saturated rings. The van der Waals surface area contributed by atoms with Crippen LogP contribution in [0.4, 0.5) is 5.69 Å². The largest absolute Gasteiger partial charge is 0.340 e. The number of aromatic nitrogens is 1. The Hall–Kier alpha value is -4.26. The van der Waals surface area contributed by atoms with E-state index in [1.165, 1.54) is 23.8 Å². The van der Waals surface area contributed by atoms with Gasteiger partial charge in [0, 0.05) is 34.8 Å². The number of rotatable bonds is 6. The van der Waals surface area contributed by atoms with Crippen molar-refractivity contribution in [1.29, 1.82) is 0 Å². The van der Waals surface area contributed by atoms with Crippen LogP contribution in [0.2, 0.25) is 0 Å². The third-order valence-electron chi connectivity index (χ3n) is 5.17. The molecule has 0 aliphatic heterocycles. The Morgan fingerprint density at radius 3 is 2.48 bits per heavy atom. The van der Waals surface area contributed by atoms with Gasteiger partial charge in [-0.25, -0.2) is 5.43 Å². The van der Waals surface area contributed by atoms with Gasteiger partial charge in [0.15, 0.2) is 0 Å². The number of nitrogens with zero attached hydrogens (tertiary/aromatic N) is 3. The van der Waals surface area contributed by atoms with Crippen LogP contribution >= 0.6 is 0 Å². The van der Waals surface area contributed by atoms with Crippen LogP contribution in [0, 0.1) is 17.0 Å². The molecule has 31 heavy (non-hydrogen) atoms. The van der Waals surface area contributed by atoms with Gasteiger partial charge in [-0.1, -0.05) is 60.7 Å². The molecule has 3 aromatic carbocycles. The van der Waals surface area contributed by atoms with Crippen LogP contribution in [0.3, 0.4) is 0 Å². The van der Waals surface area contributed by atoms with Gasteiger partial charge in [-0.3, -0.25) is 14.9 Å². The van der Waals surface area contributed by atoms with Gasteiger partial charge in [0.1, 0.15) is 5.56 Å². The highest BCUT2D eigenvalue weighted by Gasteiger charge is 2.19. The molecule has 4 rings (SSSR count). The summed E-state index contributed by atoms with van der Waals surface area (Å²) in [6.45, 7) is 2.72. The second-order valence-corrected chi connectivity index (χ2v) is 7.06. The topological polar surface area (TPSA) is 89.5 Å². The molecule has 0 unspecified atom stereocenters. The molecular weight excluding hydrogens is 392 g/mol. The van der Waals surface area contributed by atoms with Crippen molar-refractivity contribution in [2.24, 2.45) is 5.10 Å². The van der Waals surface area contributed by atoms with E-state index in [9.17, 15) is 14.9 Å². The molecule has 0 radical (unpaired) electrons. The highest BCUT2D eigenvalue weighted by atomic mass is 16.6. The zero-order chi connectivity index (χ0) is 21.8. The molecule has 0 saturated carbocycles. The van der Waals surface area contributed by atoms with Crippen LogP contribution in [-0.4, -0.2) is 21.6 Å². The van der Waals surface area contributed by atoms with Crippen LogP contribution in [0.5, 0.6) is 0 Å². The zero-order valence-corrected chi connectivity index (χ0v) is 16.9. The van der Waals surface area contributed by atoms with E-state index >= 15 is 0 Å². The van der Waals surface area contributed by atoms with Gasteiger partial charge in [-0.2, -0.15) is 5.10 Å². The molecule has 0 aliphatic carbocycles. The fourth-order valence-corrected chi connectivity index (χ4v) is 3.63. The van der Waals surface area contributed by atoms with Crippen molar-refractivity contribution in [2.45, 2.75) is 13.5 Å². The summed E-state index contributed by atoms with van der Waals surface area (Å²) in [6, 6.07) is 24.0. The van der Waals surface area contributed by atoms with Crippen molar-refractivity contribution in [3.63, 3.8) is 0 Å². The molecule has 0 atom stereocenters. The van der Waals surface area contributed by atoms with Crippen LogP contribution < -0.4 is 5.43 Å². The van der Waals surface area contributed by atoms with Gasteiger partial charge >= 0.3 is 0 Å². The Balaban J connectivity index is 1.63. The number of hydrogen-bond acceptors (Lipinski definition) is 4. The predicted molar refractivity (Wildman–Crippen MR) is 120 cm³/mol. The van der Waals surface area contributed by atoms with Gasteiger partial charge in [0.2, 0.25) is 0 Å². The van der Waals surface area contributed by atoms with Gasteiger partial charge in [0.05, 0.1) is 11.1 Å². The summed E-state index contributed by atoms with van der Waals surface area (Å²) in [5, 5.41) is 16.3. The van der Waals surface area contributed by atoms with E-state index in [0.717, 1.165) is 22.2 Å². The number of nitrogens with one attached hydrogen (secondary N) is 1. The second-order valence-electron chi connectivity index (χ2n) is 7.06. The van der Waals surface area contributed by atoms with Gasteiger partial charge in [0.25, 0.3) is 11.6 Å². The van der Waals surface area contributed by atoms with Crippen LogP contribution in [-0.2, 0) is 6.54 Å². The summed E-state index contributed by atoms with van der Waals surface area (Å²) in [5.74, 6) is -0.630. The first kappa shape index (κ1) is 20.0. The Bertz CT molecular complexity index is 1290. The van der Waals surface area contributed by atoms with Gasteiger partial charge in [-0.15, -0.1) is 0 Å². The number of amides is 1. The monoisotopic (exact) mass is 412 g/mol. The molecule has 1 heterocycles. The summed E-state index contributed by atoms with van der Waals surface area (Å²) in [7, 11) is 0. The molecule has 1 N–H and O–H groups in total. The minimum atomic E-state index is -0.630. The fourth-order valence-electron chi connectivity index (χ4n) is 3.63. The lowest BCUT2D eigenvalue weighted by molar-refractivity contribution is -0.385. The number of carbonyl (C=O) groups is 1. The molecular formula is C24H20N4O3. The molecule has 0 bridgehead atoms. The predicted octanol–water partition coefficient (Wildman–Crippen LogP) is 4.67. The van der Waals surface area contributed by atoms with E-state index in [1.807, 2.05) is 43.3 Å². The van der Waals surface area contributed by atoms with Crippen LogP contribution in [0.15, 0.2) is 84.0 Å². The lowest BCUT2D eigenvalue weighted by Crippen LogP contribution is -2.19. The summed E-state index contributed by atoms with van der Waals surface area (Å²) in [6.07, 6.45) is 1.59. The molecule has 7 nitrogen and oxygen atoms in total. The van der Waals surface area contributed by atoms with Crippen molar-refractivity contribution < 1.29 is 9.72 Å². The van der Waals surface area contributed by atoms with E-state index < -0.39 is 10.8 Å². The molecule has 7 heteroatoms. The third kappa shape index (κ3) is 4.06. The van der Waals surface area contributed by atoms with Gasteiger partial charge < -0.3 is 4.57 Å². The normalized spacial score (nSPS) is 11.1. The number of hydrazone groups is 1. The number of nitro groups is 1. The Morgan fingerprint density at radius 2 is 1.71 bits per heavy atom. The summed E-state index contributed by atoms with van der Waals surface area (Å²) >= 11 is 0. The minimum Gasteiger partial charge on any atom is -0.340 e. The SMILES string of the molecule is Cc1c(C=NNC(=O)c2ccccc2[N+](=O)[O-])c2ccccc2n1Cc1ccccc1. The molecule has 1 aromatic heterocycles. The maximum Gasteiger partial charge on any atom is 0.282 e. The summed E-state index contributed by atoms with van der Waals surface area (Å²) in [5.41, 5.74) is 6.25. The number of fused-ring (bicyclic) bond motifs is 1. The molecule has 0 saturated heterocycles. The average Bonchev–Trinajstić information content (AvgIpc) is 3.05. The van der Waals surface area contributed by atoms with Crippen molar-refractivity contribution in [2.75, 3.05) is 0 Å². The van der Waals surface area contributed by atoms with Crippen LogP contribution in [0.1, 0.15) is 27.2 Å². The van der Waals surface area contributed by atoms with Crippen molar-refractivity contribution >= 4 is 28.7 Å². The van der Waals surface area contributed by atoms with E-state index in [-0.39, 0.29) is 11.3 Å². The number of nitro benzene ring substituents is 1. The number of para-hydroxylation sites is 2. The number of hydrogen-bond donors (Lipinski definition) is 1. The molecule has 0 aliphatic rings. The first-order valence-electron chi connectivity index (χ1n) is 9.75. The van der Waals surface area contributed by atoms with E-state index in [0.29, 0.717) is 6.54 Å². The highest BCUT2D eigenvalue weighted by molar-refractivity contribution is 6.02. The lowest BCUT2D eigenvalue weighted by atomic mass is 10.1. The molecule has 0 spiro atoms. The number of carbonyl (C=O) groups excluding carboxylic acids is 1. The molecule has 4 aromatic rings. The highest BCUT2D eigenvalue weighted by Crippen LogP contribution is 2.25. The zero-order valence-electron chi connectivity index (χ0n) is 16.9. The summed E-state index contributed by atoms with van der Waals surface area (Å²) < 4.78 is 2.20. The Morgan fingerprint density at radius 1 is 1.03 bits per heavy atom. The van der Waals surface area contributed by atoms with Crippen molar-refractivity contribution in [1.82, 2.24) is 9.99 Å². The number of benzene rings is 3. The second kappa shape index (κ2) is 8.62. The Kier molecular flexibility index (Phi) is 5.57. The first-order chi connectivity index (χ1) is 15.1. The maximum atomic E-state index is 12.4. The van der Waals surface area contributed by atoms with E-state index in [1.54, 1.807) is 12.3 Å². The third-order valence-corrected chi connectivity index (χ3v) is 5.17. The van der Waals surface area contributed by atoms with Crippen LogP contribution in [0.25, 0.3) is 10.9 Å². The molecule has 154 valence electrons. The van der Waals surface area contributed by atoms with Crippen molar-refractivity contribution in [3.05, 3.63) is 111 Å². The quantitative estimate of drug-likeness (QED) is 0.283. The molecule has 1 amide bonds.